The molecule has 1 fully saturated rings. The summed E-state index contributed by atoms with van der Waals surface area (Å²) in [5, 5.41) is 11.1. The minimum absolute atomic E-state index is 0. The summed E-state index contributed by atoms with van der Waals surface area (Å²) in [6, 6.07) is 10.1. The standard InChI is InChI=1S/C21H31N5O2.HI/c1-2-22-21(23-11-7-12-27-17-20-10-6-13-28-20)24-14-18-15-25-26(16-18)19-8-4-3-5-9-19;/h3-5,8-9,15-16,20H,2,6-7,10-14,17H2,1H3,(H2,22,23,24);1H. The van der Waals surface area contributed by atoms with Crippen molar-refractivity contribution in [3.05, 3.63) is 48.3 Å². The summed E-state index contributed by atoms with van der Waals surface area (Å²) in [5.74, 6) is 0.814. The Hall–Kier alpha value is -1.65. The molecular formula is C21H32IN5O2. The zero-order valence-corrected chi connectivity index (χ0v) is 19.4. The van der Waals surface area contributed by atoms with Crippen molar-refractivity contribution in [3.8, 4) is 5.69 Å². The van der Waals surface area contributed by atoms with E-state index >= 15 is 0 Å². The van der Waals surface area contributed by atoms with Crippen molar-refractivity contribution < 1.29 is 9.47 Å². The first-order valence-corrected chi connectivity index (χ1v) is 10.2. The van der Waals surface area contributed by atoms with E-state index in [1.54, 1.807) is 0 Å². The van der Waals surface area contributed by atoms with Crippen molar-refractivity contribution in [2.24, 2.45) is 4.99 Å². The van der Waals surface area contributed by atoms with Gasteiger partial charge in [-0.05, 0) is 38.3 Å². The number of rotatable bonds is 10. The van der Waals surface area contributed by atoms with Crippen LogP contribution in [0.25, 0.3) is 5.69 Å². The Balaban J connectivity index is 0.00000300. The molecule has 0 aliphatic carbocycles. The molecule has 0 amide bonds. The lowest BCUT2D eigenvalue weighted by Gasteiger charge is -2.12. The van der Waals surface area contributed by atoms with Gasteiger partial charge in [0, 0.05) is 38.1 Å². The molecule has 1 aromatic heterocycles. The van der Waals surface area contributed by atoms with E-state index in [-0.39, 0.29) is 24.0 Å². The van der Waals surface area contributed by atoms with E-state index in [0.29, 0.717) is 19.3 Å². The zero-order chi connectivity index (χ0) is 19.4. The van der Waals surface area contributed by atoms with Gasteiger partial charge in [0.25, 0.3) is 0 Å². The summed E-state index contributed by atoms with van der Waals surface area (Å²) >= 11 is 0. The summed E-state index contributed by atoms with van der Waals surface area (Å²) in [6.45, 7) is 6.61. The first-order valence-electron chi connectivity index (χ1n) is 10.2. The molecule has 160 valence electrons. The fraction of sp³-hybridized carbons (Fsp3) is 0.524. The van der Waals surface area contributed by atoms with Crippen molar-refractivity contribution in [3.63, 3.8) is 0 Å². The molecule has 7 nitrogen and oxygen atoms in total. The van der Waals surface area contributed by atoms with Crippen LogP contribution in [0, 0.1) is 0 Å². The maximum atomic E-state index is 5.70. The first-order chi connectivity index (χ1) is 13.8. The molecular weight excluding hydrogens is 481 g/mol. The average Bonchev–Trinajstić information content (AvgIpc) is 3.41. The highest BCUT2D eigenvalue weighted by Crippen LogP contribution is 2.12. The quantitative estimate of drug-likeness (QED) is 0.221. The lowest BCUT2D eigenvalue weighted by molar-refractivity contribution is 0.0168. The smallest absolute Gasteiger partial charge is 0.191 e. The fourth-order valence-corrected chi connectivity index (χ4v) is 3.05. The van der Waals surface area contributed by atoms with Crippen LogP contribution in [0.5, 0.6) is 0 Å². The Kier molecular flexibility index (Phi) is 11.0. The van der Waals surface area contributed by atoms with Gasteiger partial charge in [-0.25, -0.2) is 9.67 Å². The van der Waals surface area contributed by atoms with Gasteiger partial charge in [0.2, 0.25) is 0 Å². The topological polar surface area (TPSA) is 72.7 Å². The van der Waals surface area contributed by atoms with Crippen molar-refractivity contribution in [2.45, 2.75) is 38.8 Å². The number of aromatic nitrogens is 2. The second kappa shape index (κ2) is 13.6. The van der Waals surface area contributed by atoms with Crippen molar-refractivity contribution in [1.29, 1.82) is 0 Å². The third-order valence-corrected chi connectivity index (χ3v) is 4.51. The SMILES string of the molecule is CCNC(=NCc1cnn(-c2ccccc2)c1)NCCCOCC1CCCO1.I. The maximum Gasteiger partial charge on any atom is 0.191 e. The van der Waals surface area contributed by atoms with Crippen LogP contribution in [-0.4, -0.2) is 54.8 Å². The lowest BCUT2D eigenvalue weighted by Crippen LogP contribution is -2.38. The molecule has 1 aliphatic rings. The first kappa shape index (κ1) is 23.6. The number of guanidine groups is 1. The Morgan fingerprint density at radius 3 is 2.93 bits per heavy atom. The molecule has 2 heterocycles. The number of halogens is 1. The summed E-state index contributed by atoms with van der Waals surface area (Å²) in [4.78, 5) is 4.65. The third kappa shape index (κ3) is 8.31. The van der Waals surface area contributed by atoms with Gasteiger partial charge in [-0.1, -0.05) is 18.2 Å². The Bertz CT molecular complexity index is 717. The number of benzene rings is 1. The van der Waals surface area contributed by atoms with Gasteiger partial charge in [0.15, 0.2) is 5.96 Å². The molecule has 1 aromatic carbocycles. The largest absolute Gasteiger partial charge is 0.379 e. The fourth-order valence-electron chi connectivity index (χ4n) is 3.05. The van der Waals surface area contributed by atoms with Crippen LogP contribution < -0.4 is 10.6 Å². The minimum atomic E-state index is 0. The highest BCUT2D eigenvalue weighted by molar-refractivity contribution is 14.0. The van der Waals surface area contributed by atoms with Gasteiger partial charge in [-0.15, -0.1) is 24.0 Å². The van der Waals surface area contributed by atoms with Gasteiger partial charge < -0.3 is 20.1 Å². The van der Waals surface area contributed by atoms with E-state index in [2.05, 4.69) is 27.6 Å². The Morgan fingerprint density at radius 2 is 2.17 bits per heavy atom. The highest BCUT2D eigenvalue weighted by Gasteiger charge is 2.14. The number of hydrogen-bond donors (Lipinski definition) is 2. The summed E-state index contributed by atoms with van der Waals surface area (Å²) < 4.78 is 13.1. The number of ether oxygens (including phenoxy) is 2. The van der Waals surface area contributed by atoms with E-state index in [1.807, 2.05) is 47.4 Å². The molecule has 0 radical (unpaired) electrons. The molecule has 29 heavy (non-hydrogen) atoms. The number of para-hydroxylation sites is 1. The predicted octanol–water partition coefficient (Wildman–Crippen LogP) is 3.13. The van der Waals surface area contributed by atoms with Crippen LogP contribution in [0.1, 0.15) is 31.7 Å². The Morgan fingerprint density at radius 1 is 1.31 bits per heavy atom. The highest BCUT2D eigenvalue weighted by atomic mass is 127. The monoisotopic (exact) mass is 513 g/mol. The van der Waals surface area contributed by atoms with Crippen molar-refractivity contribution >= 4 is 29.9 Å². The van der Waals surface area contributed by atoms with Crippen molar-refractivity contribution in [1.82, 2.24) is 20.4 Å². The van der Waals surface area contributed by atoms with E-state index in [4.69, 9.17) is 9.47 Å². The normalized spacial score (nSPS) is 16.4. The average molecular weight is 513 g/mol. The van der Waals surface area contributed by atoms with Crippen LogP contribution in [0.15, 0.2) is 47.7 Å². The van der Waals surface area contributed by atoms with Gasteiger partial charge in [0.1, 0.15) is 0 Å². The summed E-state index contributed by atoms with van der Waals surface area (Å²) in [7, 11) is 0. The van der Waals surface area contributed by atoms with Gasteiger partial charge in [-0.2, -0.15) is 5.10 Å². The predicted molar refractivity (Wildman–Crippen MR) is 126 cm³/mol. The van der Waals surface area contributed by atoms with Crippen LogP contribution in [0.3, 0.4) is 0 Å². The molecule has 1 saturated heterocycles. The number of hydrogen-bond acceptors (Lipinski definition) is 4. The number of aliphatic imine (C=N–C) groups is 1. The summed E-state index contributed by atoms with van der Waals surface area (Å²) in [6.07, 6.45) is 7.38. The van der Waals surface area contributed by atoms with E-state index < -0.39 is 0 Å². The van der Waals surface area contributed by atoms with Crippen molar-refractivity contribution in [2.75, 3.05) is 32.9 Å². The molecule has 0 spiro atoms. The van der Waals surface area contributed by atoms with Crippen LogP contribution in [0.4, 0.5) is 0 Å². The second-order valence-corrected chi connectivity index (χ2v) is 6.81. The molecule has 1 unspecified atom stereocenters. The maximum absolute atomic E-state index is 5.70. The molecule has 3 rings (SSSR count). The molecule has 2 N–H and O–H groups in total. The van der Waals surface area contributed by atoms with E-state index in [0.717, 1.165) is 62.8 Å². The zero-order valence-electron chi connectivity index (χ0n) is 17.0. The molecule has 1 atom stereocenters. The number of nitrogens with one attached hydrogen (secondary N) is 2. The number of nitrogens with zero attached hydrogens (tertiary/aromatic N) is 3. The van der Waals surface area contributed by atoms with Crippen LogP contribution in [0.2, 0.25) is 0 Å². The Labute approximate surface area is 190 Å². The minimum Gasteiger partial charge on any atom is -0.379 e. The summed E-state index contributed by atoms with van der Waals surface area (Å²) in [5.41, 5.74) is 2.12. The van der Waals surface area contributed by atoms with E-state index in [1.165, 1.54) is 0 Å². The van der Waals surface area contributed by atoms with Gasteiger partial charge in [0.05, 0.1) is 31.1 Å². The third-order valence-electron chi connectivity index (χ3n) is 4.51. The van der Waals surface area contributed by atoms with E-state index in [9.17, 15) is 0 Å². The molecule has 2 aromatic rings. The molecule has 0 saturated carbocycles. The van der Waals surface area contributed by atoms with Gasteiger partial charge in [-0.3, -0.25) is 0 Å². The van der Waals surface area contributed by atoms with Gasteiger partial charge >= 0.3 is 0 Å². The molecule has 1 aliphatic heterocycles. The van der Waals surface area contributed by atoms with Crippen LogP contribution in [-0.2, 0) is 16.0 Å². The molecule has 8 heteroatoms. The molecule has 0 bridgehead atoms. The van der Waals surface area contributed by atoms with Crippen LogP contribution >= 0.6 is 24.0 Å². The lowest BCUT2D eigenvalue weighted by atomic mass is 10.2. The second-order valence-electron chi connectivity index (χ2n) is 6.81.